The molecule has 0 saturated carbocycles. The number of carbonyl (C=O) groups is 4. The molecule has 2 aromatic carbocycles. The number of alkyl halides is 1. The molecule has 0 aliphatic carbocycles. The molecular weight excluding hydrogens is 1080 g/mol. The number of methoxy groups -OCH3 is 1. The Balaban J connectivity index is 0.684. The second kappa shape index (κ2) is 35.6. The van der Waals surface area contributed by atoms with Crippen LogP contribution < -0.4 is 52.3 Å². The Labute approximate surface area is 469 Å². The summed E-state index contributed by atoms with van der Waals surface area (Å²) in [4.78, 5) is 54.8. The highest BCUT2D eigenvalue weighted by Gasteiger charge is 2.34. The summed E-state index contributed by atoms with van der Waals surface area (Å²) in [5.74, 6) is 1.04. The first-order chi connectivity index (χ1) is 37.9. The van der Waals surface area contributed by atoms with Crippen molar-refractivity contribution < 1.29 is 66.2 Å². The maximum Gasteiger partial charge on any atom is 0.321 e. The molecule has 4 aliphatic heterocycles. The SMILES string of the molecule is COc1ccc([C@@H](C)NC(=O)[C@@H](COCCOCCOCCN2CC(COCCOCCOCCOCCOc3ccc(NC(=O)NC4NC(CC(=O)N5CCN(C)CC5)CS4)cc3)NN2)SC2NC(=O)NCC2Cl)c(F)c1. The summed E-state index contributed by atoms with van der Waals surface area (Å²) in [6.45, 7) is 12.3. The average Bonchev–Trinajstić information content (AvgIpc) is 4.09. The Hall–Kier alpha value is -4.04. The van der Waals surface area contributed by atoms with Crippen LogP contribution in [0.1, 0.15) is 24.9 Å². The number of hydrazine groups is 2. The first-order valence-electron chi connectivity index (χ1n) is 26.3. The number of urea groups is 2. The van der Waals surface area contributed by atoms with Gasteiger partial charge in [-0.05, 0) is 44.3 Å². The van der Waals surface area contributed by atoms with Crippen molar-refractivity contribution in [1.82, 2.24) is 52.4 Å². The Bertz CT molecular complexity index is 2100. The number of hydrogen-bond acceptors (Lipinski definition) is 20. The number of amides is 6. The molecule has 8 N–H and O–H groups in total. The Morgan fingerprint density at radius 1 is 0.833 bits per heavy atom. The summed E-state index contributed by atoms with van der Waals surface area (Å²) in [6, 6.07) is 10.3. The van der Waals surface area contributed by atoms with Crippen molar-refractivity contribution in [3.05, 3.63) is 53.8 Å². The minimum Gasteiger partial charge on any atom is -0.497 e. The molecule has 4 fully saturated rings. The van der Waals surface area contributed by atoms with E-state index < -0.39 is 27.9 Å². The van der Waals surface area contributed by atoms with Gasteiger partial charge in [-0.1, -0.05) is 6.07 Å². The van der Waals surface area contributed by atoms with Crippen LogP contribution in [0.3, 0.4) is 0 Å². The first kappa shape index (κ1) is 63.1. The van der Waals surface area contributed by atoms with E-state index in [1.165, 1.54) is 24.9 Å². The number of likely N-dealkylation sites (N-methyl/N-ethyl adjacent to an activating group) is 1. The normalized spacial score (nSPS) is 21.6. The molecule has 0 radical (unpaired) electrons. The minimum absolute atomic E-state index is 0.0106. The van der Waals surface area contributed by atoms with Crippen LogP contribution in [0.25, 0.3) is 0 Å². The number of hydrogen-bond donors (Lipinski definition) is 8. The smallest absolute Gasteiger partial charge is 0.321 e. The number of anilines is 1. The van der Waals surface area contributed by atoms with E-state index in [-0.39, 0.29) is 67.8 Å². The fourth-order valence-electron chi connectivity index (χ4n) is 8.14. The van der Waals surface area contributed by atoms with E-state index >= 15 is 0 Å². The van der Waals surface area contributed by atoms with Crippen LogP contribution in [0.2, 0.25) is 0 Å². The van der Waals surface area contributed by atoms with Gasteiger partial charge in [-0.2, -0.15) is 5.53 Å². The number of benzene rings is 2. The van der Waals surface area contributed by atoms with Gasteiger partial charge in [0.05, 0.1) is 122 Å². The monoisotopic (exact) mass is 1160 g/mol. The Morgan fingerprint density at radius 3 is 2.15 bits per heavy atom. The average molecular weight is 1160 g/mol. The largest absolute Gasteiger partial charge is 0.497 e. The lowest BCUT2D eigenvalue weighted by molar-refractivity contribution is -0.133. The van der Waals surface area contributed by atoms with E-state index in [9.17, 15) is 23.6 Å². The zero-order valence-electron chi connectivity index (χ0n) is 44.8. The number of nitrogens with zero attached hydrogens (tertiary/aromatic N) is 3. The van der Waals surface area contributed by atoms with E-state index in [1.54, 1.807) is 55.1 Å². The van der Waals surface area contributed by atoms with Crippen molar-refractivity contribution in [3.8, 4) is 11.5 Å². The van der Waals surface area contributed by atoms with Crippen molar-refractivity contribution >= 4 is 64.7 Å². The highest BCUT2D eigenvalue weighted by Crippen LogP contribution is 2.27. The van der Waals surface area contributed by atoms with E-state index in [1.807, 2.05) is 9.91 Å². The van der Waals surface area contributed by atoms with Gasteiger partial charge in [0.2, 0.25) is 11.8 Å². The van der Waals surface area contributed by atoms with E-state index in [0.717, 1.165) is 38.5 Å². The van der Waals surface area contributed by atoms with Gasteiger partial charge in [0.1, 0.15) is 34.7 Å². The summed E-state index contributed by atoms with van der Waals surface area (Å²) in [5.41, 5.74) is 7.01. The molecule has 0 spiro atoms. The second-order valence-corrected chi connectivity index (χ2v) is 21.6. The summed E-state index contributed by atoms with van der Waals surface area (Å²) < 4.78 is 65.4. The summed E-state index contributed by atoms with van der Waals surface area (Å²) in [6.07, 6.45) is 0.424. The summed E-state index contributed by atoms with van der Waals surface area (Å²) in [5, 5.41) is 17.6. The van der Waals surface area contributed by atoms with Crippen LogP contribution in [-0.4, -0.2) is 237 Å². The number of piperazine rings is 1. The molecule has 6 rings (SSSR count). The first-order valence-corrected chi connectivity index (χ1v) is 28.8. The lowest BCUT2D eigenvalue weighted by atomic mass is 10.1. The Morgan fingerprint density at radius 2 is 1.47 bits per heavy atom. The minimum atomic E-state index is -0.758. The zero-order chi connectivity index (χ0) is 55.3. The van der Waals surface area contributed by atoms with Crippen LogP contribution in [0.5, 0.6) is 11.5 Å². The van der Waals surface area contributed by atoms with Gasteiger partial charge in [-0.15, -0.1) is 35.1 Å². The molecule has 28 heteroatoms. The van der Waals surface area contributed by atoms with E-state index in [4.69, 9.17) is 54.2 Å². The standard InChI is InChI=1S/C50H79ClFN11O13S2/c1-35(41-9-8-40(68-3)29-43(41)52)54-46(65)44(78-47-42(51)30-53-48(66)57-47)33-75-25-23-71-17-16-69-15-14-63-31-38(59-60-63)32-74-24-22-72-19-18-70-20-21-73-26-27-76-39-6-4-36(5-7-39)55-49(67)58-50-56-37(34-77-50)28-45(64)62-12-10-61(2)11-13-62/h4-9,29,35,37-38,42,44,47,50,56,59-60H,10-28,30-34H2,1-3H3,(H,54,65)(H2,53,57,66)(H2,55,58,67)/t35-,37?,38?,42?,44-,47?,50?/m1/s1. The summed E-state index contributed by atoms with van der Waals surface area (Å²) >= 11 is 9.19. The third-order valence-corrected chi connectivity index (χ3v) is 15.7. The van der Waals surface area contributed by atoms with E-state index in [2.05, 4.69) is 54.8 Å². The predicted octanol–water partition coefficient (Wildman–Crippen LogP) is 1.52. The molecule has 24 nitrogen and oxygen atoms in total. The topological polar surface area (TPSA) is 257 Å². The molecule has 4 heterocycles. The molecule has 5 unspecified atom stereocenters. The molecule has 7 atom stereocenters. The number of nitrogens with one attached hydrogen (secondary N) is 8. The van der Waals surface area contributed by atoms with Crippen LogP contribution in [-0.2, 0) is 42.7 Å². The number of halogens is 2. The molecule has 438 valence electrons. The molecule has 0 bridgehead atoms. The fourth-order valence-corrected chi connectivity index (χ4v) is 10.7. The van der Waals surface area contributed by atoms with Crippen molar-refractivity contribution in [3.63, 3.8) is 0 Å². The molecule has 78 heavy (non-hydrogen) atoms. The molecule has 0 aromatic heterocycles. The lowest BCUT2D eigenvalue weighted by Crippen LogP contribution is -2.55. The van der Waals surface area contributed by atoms with Gasteiger partial charge in [-0.3, -0.25) is 14.9 Å². The van der Waals surface area contributed by atoms with Gasteiger partial charge in [0.15, 0.2) is 0 Å². The summed E-state index contributed by atoms with van der Waals surface area (Å²) in [7, 11) is 3.51. The number of carbonyl (C=O) groups excluding carboxylic acids is 4. The Kier molecular flexibility index (Phi) is 28.9. The molecule has 4 saturated heterocycles. The fraction of sp³-hybridized carbons (Fsp3) is 0.680. The third-order valence-electron chi connectivity index (χ3n) is 12.5. The maximum absolute atomic E-state index is 14.7. The van der Waals surface area contributed by atoms with Crippen LogP contribution in [0.4, 0.5) is 19.7 Å². The van der Waals surface area contributed by atoms with E-state index in [0.29, 0.717) is 115 Å². The molecule has 4 aliphatic rings. The number of ether oxygens (including phenoxy) is 9. The molecular formula is C50H79ClFN11O13S2. The van der Waals surface area contributed by atoms with Gasteiger partial charge in [0.25, 0.3) is 0 Å². The maximum atomic E-state index is 14.7. The quantitative estimate of drug-likeness (QED) is 0.0356. The van der Waals surface area contributed by atoms with Crippen molar-refractivity contribution in [1.29, 1.82) is 0 Å². The van der Waals surface area contributed by atoms with Gasteiger partial charge in [-0.25, -0.2) is 24.4 Å². The van der Waals surface area contributed by atoms with Gasteiger partial charge < -0.3 is 79.0 Å². The second-order valence-electron chi connectivity index (χ2n) is 18.6. The van der Waals surface area contributed by atoms with Crippen molar-refractivity contribution in [2.45, 2.75) is 53.0 Å². The van der Waals surface area contributed by atoms with Crippen LogP contribution in [0, 0.1) is 5.82 Å². The number of rotatable bonds is 36. The molecule has 6 amide bonds. The predicted molar refractivity (Wildman–Crippen MR) is 294 cm³/mol. The third kappa shape index (κ3) is 23.6. The lowest BCUT2D eigenvalue weighted by Gasteiger charge is -2.33. The highest BCUT2D eigenvalue weighted by atomic mass is 35.5. The molecule has 2 aromatic rings. The van der Waals surface area contributed by atoms with Gasteiger partial charge >= 0.3 is 12.1 Å². The van der Waals surface area contributed by atoms with Crippen molar-refractivity contribution in [2.75, 3.05) is 170 Å². The number of thioether (sulfide) groups is 2. The van der Waals surface area contributed by atoms with Gasteiger partial charge in [0, 0.05) is 81.3 Å². The van der Waals surface area contributed by atoms with Crippen LogP contribution in [0.15, 0.2) is 42.5 Å². The van der Waals surface area contributed by atoms with Crippen LogP contribution >= 0.6 is 35.1 Å². The zero-order valence-corrected chi connectivity index (χ0v) is 47.2. The highest BCUT2D eigenvalue weighted by molar-refractivity contribution is 8.01. The van der Waals surface area contributed by atoms with Crippen molar-refractivity contribution in [2.24, 2.45) is 0 Å².